The molecule has 0 radical (unpaired) electrons. The van der Waals surface area contributed by atoms with Crippen molar-refractivity contribution in [3.63, 3.8) is 0 Å². The number of aromatic nitrogens is 1. The maximum Gasteiger partial charge on any atom is 0.290 e. The third kappa shape index (κ3) is 5.31. The van der Waals surface area contributed by atoms with Crippen LogP contribution in [0, 0.1) is 0 Å². The predicted molar refractivity (Wildman–Crippen MR) is 121 cm³/mol. The van der Waals surface area contributed by atoms with E-state index < -0.39 is 0 Å². The predicted octanol–water partition coefficient (Wildman–Crippen LogP) is 4.43. The molecule has 4 heteroatoms. The number of rotatable bonds is 7. The molecule has 0 spiro atoms. The van der Waals surface area contributed by atoms with E-state index in [1.807, 2.05) is 71.6 Å². The molecule has 4 aromatic rings. The van der Waals surface area contributed by atoms with Gasteiger partial charge in [0.15, 0.2) is 18.2 Å². The first-order valence-corrected chi connectivity index (χ1v) is 10.2. The van der Waals surface area contributed by atoms with Crippen LogP contribution in [0.4, 0.5) is 5.69 Å². The summed E-state index contributed by atoms with van der Waals surface area (Å²) in [6.07, 6.45) is 4.65. The number of nitrogens with zero attached hydrogens (tertiary/aromatic N) is 1. The molecule has 0 aliphatic rings. The Hall–Kier alpha value is -4.05. The molecule has 0 aliphatic heterocycles. The number of hydrogen-bond donors (Lipinski definition) is 1. The molecule has 3 aromatic carbocycles. The van der Waals surface area contributed by atoms with E-state index in [-0.39, 0.29) is 18.2 Å². The van der Waals surface area contributed by atoms with Gasteiger partial charge in [0.25, 0.3) is 5.91 Å². The lowest BCUT2D eigenvalue weighted by atomic mass is 10.0. The average molecular weight is 407 g/mol. The van der Waals surface area contributed by atoms with E-state index in [1.54, 1.807) is 30.3 Å². The Morgan fingerprint density at radius 1 is 0.677 bits per heavy atom. The second-order valence-corrected chi connectivity index (χ2v) is 7.33. The first kappa shape index (κ1) is 20.2. The van der Waals surface area contributed by atoms with Crippen molar-refractivity contribution in [3.05, 3.63) is 132 Å². The highest BCUT2D eigenvalue weighted by Gasteiger charge is 2.16. The Kier molecular flexibility index (Phi) is 6.29. The molecule has 1 aromatic heterocycles. The standard InChI is InChI=1S/C27H22N2O2/c30-26(20-29-17-15-22(16-18-29)19-21-9-3-1-4-10-21)28-25-14-8-7-13-24(25)27(31)23-11-5-2-6-12-23/h1-18H,19-20H2/p+1. The summed E-state index contributed by atoms with van der Waals surface area (Å²) in [5.74, 6) is -0.302. The quantitative estimate of drug-likeness (QED) is 0.364. The third-order valence-electron chi connectivity index (χ3n) is 5.02. The zero-order chi connectivity index (χ0) is 21.5. The molecule has 0 saturated heterocycles. The Labute approximate surface area is 181 Å². The second-order valence-electron chi connectivity index (χ2n) is 7.33. The molecule has 1 heterocycles. The van der Waals surface area contributed by atoms with Crippen LogP contribution in [0.5, 0.6) is 0 Å². The monoisotopic (exact) mass is 407 g/mol. The molecule has 31 heavy (non-hydrogen) atoms. The van der Waals surface area contributed by atoms with Gasteiger partial charge in [0.1, 0.15) is 0 Å². The van der Waals surface area contributed by atoms with Crippen LogP contribution in [-0.4, -0.2) is 11.7 Å². The summed E-state index contributed by atoms with van der Waals surface area (Å²) in [4.78, 5) is 25.5. The first-order valence-electron chi connectivity index (χ1n) is 10.2. The molecule has 0 aliphatic carbocycles. The molecular formula is C27H23N2O2+. The average Bonchev–Trinajstić information content (AvgIpc) is 2.81. The Bertz CT molecular complexity index is 1170. The highest BCUT2D eigenvalue weighted by molar-refractivity contribution is 6.13. The van der Waals surface area contributed by atoms with Crippen LogP contribution >= 0.6 is 0 Å². The number of benzene rings is 3. The fourth-order valence-electron chi connectivity index (χ4n) is 3.43. The van der Waals surface area contributed by atoms with Crippen molar-refractivity contribution in [2.24, 2.45) is 0 Å². The SMILES string of the molecule is O=C(C[n+]1ccc(Cc2ccccc2)cc1)Nc1ccccc1C(=O)c1ccccc1. The van der Waals surface area contributed by atoms with Gasteiger partial charge in [-0.15, -0.1) is 0 Å². The van der Waals surface area contributed by atoms with Crippen molar-refractivity contribution in [1.82, 2.24) is 0 Å². The lowest BCUT2D eigenvalue weighted by Crippen LogP contribution is -2.39. The van der Waals surface area contributed by atoms with Gasteiger partial charge < -0.3 is 5.32 Å². The van der Waals surface area contributed by atoms with Crippen LogP contribution in [-0.2, 0) is 17.8 Å². The number of carbonyl (C=O) groups excluding carboxylic acids is 2. The normalized spacial score (nSPS) is 10.5. The number of ketones is 1. The van der Waals surface area contributed by atoms with Gasteiger partial charge in [-0.25, -0.2) is 0 Å². The number of anilines is 1. The topological polar surface area (TPSA) is 50.0 Å². The zero-order valence-corrected chi connectivity index (χ0v) is 17.1. The Balaban J connectivity index is 1.42. The van der Waals surface area contributed by atoms with Crippen LogP contribution in [0.3, 0.4) is 0 Å². The molecule has 152 valence electrons. The summed E-state index contributed by atoms with van der Waals surface area (Å²) in [6.45, 7) is 0.166. The van der Waals surface area contributed by atoms with E-state index in [9.17, 15) is 9.59 Å². The van der Waals surface area contributed by atoms with Gasteiger partial charge in [-0.05, 0) is 29.7 Å². The van der Waals surface area contributed by atoms with Gasteiger partial charge in [-0.1, -0.05) is 72.8 Å². The van der Waals surface area contributed by atoms with Crippen LogP contribution in [0.1, 0.15) is 27.0 Å². The fourth-order valence-corrected chi connectivity index (χ4v) is 3.43. The maximum absolute atomic E-state index is 12.8. The smallest absolute Gasteiger partial charge is 0.290 e. The van der Waals surface area contributed by atoms with E-state index in [0.717, 1.165) is 6.42 Å². The van der Waals surface area contributed by atoms with Gasteiger partial charge in [-0.2, -0.15) is 4.57 Å². The molecule has 1 N–H and O–H groups in total. The molecule has 4 rings (SSSR count). The number of amides is 1. The van der Waals surface area contributed by atoms with E-state index in [0.29, 0.717) is 16.8 Å². The minimum absolute atomic E-state index is 0.116. The number of hydrogen-bond acceptors (Lipinski definition) is 2. The lowest BCUT2D eigenvalue weighted by Gasteiger charge is -2.09. The molecule has 1 amide bonds. The summed E-state index contributed by atoms with van der Waals surface area (Å²) < 4.78 is 1.82. The fraction of sp³-hybridized carbons (Fsp3) is 0.0741. The Morgan fingerprint density at radius 2 is 1.26 bits per heavy atom. The highest BCUT2D eigenvalue weighted by Crippen LogP contribution is 2.19. The molecule has 0 fully saturated rings. The summed E-state index contributed by atoms with van der Waals surface area (Å²) in [6, 6.07) is 30.5. The minimum atomic E-state index is -0.186. The summed E-state index contributed by atoms with van der Waals surface area (Å²) in [5, 5.41) is 2.88. The van der Waals surface area contributed by atoms with Crippen molar-refractivity contribution in [1.29, 1.82) is 0 Å². The van der Waals surface area contributed by atoms with E-state index >= 15 is 0 Å². The van der Waals surface area contributed by atoms with Crippen LogP contribution in [0.15, 0.2) is 109 Å². The van der Waals surface area contributed by atoms with Gasteiger partial charge in [-0.3, -0.25) is 9.59 Å². The highest BCUT2D eigenvalue weighted by atomic mass is 16.2. The maximum atomic E-state index is 12.8. The lowest BCUT2D eigenvalue weighted by molar-refractivity contribution is -0.684. The molecule has 0 saturated carbocycles. The van der Waals surface area contributed by atoms with E-state index in [2.05, 4.69) is 17.4 Å². The van der Waals surface area contributed by atoms with Crippen molar-refractivity contribution >= 4 is 17.4 Å². The number of carbonyl (C=O) groups is 2. The van der Waals surface area contributed by atoms with Gasteiger partial charge in [0.2, 0.25) is 6.54 Å². The van der Waals surface area contributed by atoms with E-state index in [1.165, 1.54) is 11.1 Å². The summed E-state index contributed by atoms with van der Waals surface area (Å²) in [7, 11) is 0. The molecule has 0 bridgehead atoms. The first-order chi connectivity index (χ1) is 15.2. The molecular weight excluding hydrogens is 384 g/mol. The molecule has 4 nitrogen and oxygen atoms in total. The minimum Gasteiger partial charge on any atom is -0.320 e. The molecule has 0 unspecified atom stereocenters. The Morgan fingerprint density at radius 3 is 1.97 bits per heavy atom. The van der Waals surface area contributed by atoms with Gasteiger partial charge in [0.05, 0.1) is 5.69 Å². The van der Waals surface area contributed by atoms with Gasteiger partial charge >= 0.3 is 0 Å². The summed E-state index contributed by atoms with van der Waals surface area (Å²) >= 11 is 0. The molecule has 0 atom stereocenters. The van der Waals surface area contributed by atoms with Crippen molar-refractivity contribution in [2.75, 3.05) is 5.32 Å². The number of nitrogens with one attached hydrogen (secondary N) is 1. The van der Waals surface area contributed by atoms with Crippen LogP contribution in [0.2, 0.25) is 0 Å². The van der Waals surface area contributed by atoms with Crippen molar-refractivity contribution < 1.29 is 14.2 Å². The third-order valence-corrected chi connectivity index (χ3v) is 5.02. The number of pyridine rings is 1. The van der Waals surface area contributed by atoms with E-state index in [4.69, 9.17) is 0 Å². The van der Waals surface area contributed by atoms with Crippen LogP contribution in [0.25, 0.3) is 0 Å². The van der Waals surface area contributed by atoms with Crippen molar-refractivity contribution in [3.8, 4) is 0 Å². The largest absolute Gasteiger partial charge is 0.320 e. The number of para-hydroxylation sites is 1. The van der Waals surface area contributed by atoms with Crippen LogP contribution < -0.4 is 9.88 Å². The zero-order valence-electron chi connectivity index (χ0n) is 17.1. The van der Waals surface area contributed by atoms with Gasteiger partial charge in [0, 0.05) is 23.3 Å². The summed E-state index contributed by atoms with van der Waals surface area (Å²) in [5.41, 5.74) is 4.01. The second kappa shape index (κ2) is 9.63. The van der Waals surface area contributed by atoms with Crippen molar-refractivity contribution in [2.45, 2.75) is 13.0 Å².